The number of aliphatic hydroxyl groups is 1. The normalized spacial score (nSPS) is 12.7. The number of carbonyl (C=O) groups is 1. The first-order valence-corrected chi connectivity index (χ1v) is 3.10. The van der Waals surface area contributed by atoms with Crippen molar-refractivity contribution in [2.75, 3.05) is 13.3 Å². The second kappa shape index (κ2) is 5.17. The molecule has 0 saturated carbocycles. The van der Waals surface area contributed by atoms with E-state index in [1.807, 2.05) is 0 Å². The summed E-state index contributed by atoms with van der Waals surface area (Å²) in [6.07, 6.45) is -1.47. The van der Waals surface area contributed by atoms with E-state index in [0.717, 1.165) is 0 Å². The van der Waals surface area contributed by atoms with Crippen molar-refractivity contribution in [2.24, 2.45) is 0 Å². The summed E-state index contributed by atoms with van der Waals surface area (Å²) < 4.78 is 16.0. The SMILES string of the molecule is CCOC(=O)C[C@H](O)CF. The second-order valence-corrected chi connectivity index (χ2v) is 1.82. The third kappa shape index (κ3) is 4.26. The van der Waals surface area contributed by atoms with Crippen molar-refractivity contribution in [3.8, 4) is 0 Å². The summed E-state index contributed by atoms with van der Waals surface area (Å²) in [5.74, 6) is -0.562. The molecule has 0 aromatic heterocycles. The van der Waals surface area contributed by atoms with Gasteiger partial charge < -0.3 is 9.84 Å². The van der Waals surface area contributed by atoms with E-state index in [4.69, 9.17) is 5.11 Å². The minimum absolute atomic E-state index is 0.260. The average Bonchev–Trinajstić information content (AvgIpc) is 1.88. The van der Waals surface area contributed by atoms with Gasteiger partial charge in [0.2, 0.25) is 0 Å². The van der Waals surface area contributed by atoms with Crippen LogP contribution in [0, 0.1) is 0 Å². The van der Waals surface area contributed by atoms with E-state index in [1.165, 1.54) is 0 Å². The lowest BCUT2D eigenvalue weighted by Crippen LogP contribution is -2.17. The van der Waals surface area contributed by atoms with E-state index in [0.29, 0.717) is 0 Å². The van der Waals surface area contributed by atoms with Crippen LogP contribution in [0.15, 0.2) is 0 Å². The van der Waals surface area contributed by atoms with Crippen LogP contribution in [0.25, 0.3) is 0 Å². The molecule has 0 aromatic carbocycles. The van der Waals surface area contributed by atoms with Crippen LogP contribution in [-0.4, -0.2) is 30.5 Å². The molecule has 0 bridgehead atoms. The summed E-state index contributed by atoms with van der Waals surface area (Å²) in [5.41, 5.74) is 0. The molecule has 0 fully saturated rings. The molecule has 0 saturated heterocycles. The second-order valence-electron chi connectivity index (χ2n) is 1.82. The molecule has 0 unspecified atom stereocenters. The van der Waals surface area contributed by atoms with Gasteiger partial charge in [0.1, 0.15) is 6.67 Å². The first kappa shape index (κ1) is 9.36. The number of hydrogen-bond acceptors (Lipinski definition) is 3. The standard InChI is InChI=1S/C6H11FO3/c1-2-10-6(9)3-5(8)4-7/h5,8H,2-4H2,1H3/t5-/m0/s1. The van der Waals surface area contributed by atoms with Gasteiger partial charge in [-0.15, -0.1) is 0 Å². The van der Waals surface area contributed by atoms with Gasteiger partial charge in [0.15, 0.2) is 0 Å². The summed E-state index contributed by atoms with van der Waals surface area (Å²) in [5, 5.41) is 8.58. The van der Waals surface area contributed by atoms with Gasteiger partial charge in [-0.3, -0.25) is 4.79 Å². The quantitative estimate of drug-likeness (QED) is 0.585. The lowest BCUT2D eigenvalue weighted by Gasteiger charge is -2.03. The summed E-state index contributed by atoms with van der Waals surface area (Å²) >= 11 is 0. The molecule has 0 aliphatic carbocycles. The topological polar surface area (TPSA) is 46.5 Å². The van der Waals surface area contributed by atoms with E-state index in [9.17, 15) is 9.18 Å². The van der Waals surface area contributed by atoms with Gasteiger partial charge in [-0.1, -0.05) is 0 Å². The Kier molecular flexibility index (Phi) is 4.84. The monoisotopic (exact) mass is 150 g/mol. The third-order valence-corrected chi connectivity index (χ3v) is 0.886. The zero-order valence-electron chi connectivity index (χ0n) is 5.84. The highest BCUT2D eigenvalue weighted by atomic mass is 19.1. The van der Waals surface area contributed by atoms with Crippen molar-refractivity contribution in [3.05, 3.63) is 0 Å². The Morgan fingerprint density at radius 3 is 2.80 bits per heavy atom. The molecule has 10 heavy (non-hydrogen) atoms. The lowest BCUT2D eigenvalue weighted by molar-refractivity contribution is -0.145. The number of esters is 1. The van der Waals surface area contributed by atoms with Gasteiger partial charge in [-0.2, -0.15) is 0 Å². The Labute approximate surface area is 58.8 Å². The van der Waals surface area contributed by atoms with Gasteiger partial charge in [0.25, 0.3) is 0 Å². The molecular formula is C6H11FO3. The smallest absolute Gasteiger partial charge is 0.308 e. The lowest BCUT2D eigenvalue weighted by atomic mass is 10.3. The number of halogens is 1. The largest absolute Gasteiger partial charge is 0.466 e. The maximum atomic E-state index is 11.5. The van der Waals surface area contributed by atoms with E-state index in [1.54, 1.807) is 6.92 Å². The minimum atomic E-state index is -1.21. The molecule has 0 radical (unpaired) electrons. The fourth-order valence-corrected chi connectivity index (χ4v) is 0.467. The van der Waals surface area contributed by atoms with Crippen LogP contribution in [0.4, 0.5) is 4.39 Å². The Morgan fingerprint density at radius 1 is 1.80 bits per heavy atom. The molecule has 0 aliphatic heterocycles. The van der Waals surface area contributed by atoms with Crippen molar-refractivity contribution in [2.45, 2.75) is 19.4 Å². The molecule has 4 heteroatoms. The maximum absolute atomic E-state index is 11.5. The van der Waals surface area contributed by atoms with E-state index in [2.05, 4.69) is 4.74 Å². The zero-order valence-corrected chi connectivity index (χ0v) is 5.84. The zero-order chi connectivity index (χ0) is 7.98. The van der Waals surface area contributed by atoms with Crippen LogP contribution in [0.5, 0.6) is 0 Å². The predicted molar refractivity (Wildman–Crippen MR) is 33.2 cm³/mol. The number of aliphatic hydroxyl groups excluding tert-OH is 1. The van der Waals surface area contributed by atoms with Crippen LogP contribution >= 0.6 is 0 Å². The molecule has 0 aliphatic rings. The summed E-state index contributed by atoms with van der Waals surface area (Å²) in [7, 11) is 0. The fourth-order valence-electron chi connectivity index (χ4n) is 0.467. The van der Waals surface area contributed by atoms with Crippen LogP contribution in [0.2, 0.25) is 0 Å². The van der Waals surface area contributed by atoms with Crippen molar-refractivity contribution in [3.63, 3.8) is 0 Å². The van der Waals surface area contributed by atoms with Crippen LogP contribution in [-0.2, 0) is 9.53 Å². The first-order chi connectivity index (χ1) is 4.70. The van der Waals surface area contributed by atoms with Crippen molar-refractivity contribution >= 4 is 5.97 Å². The molecule has 60 valence electrons. The highest BCUT2D eigenvalue weighted by Gasteiger charge is 2.09. The van der Waals surface area contributed by atoms with E-state index >= 15 is 0 Å². The molecule has 0 rings (SSSR count). The Morgan fingerprint density at radius 2 is 2.40 bits per heavy atom. The first-order valence-electron chi connectivity index (χ1n) is 3.10. The molecule has 0 aromatic rings. The van der Waals surface area contributed by atoms with Crippen molar-refractivity contribution < 1.29 is 19.0 Å². The molecule has 3 nitrogen and oxygen atoms in total. The van der Waals surface area contributed by atoms with Gasteiger partial charge in [0, 0.05) is 0 Å². The minimum Gasteiger partial charge on any atom is -0.466 e. The summed E-state index contributed by atoms with van der Waals surface area (Å²) in [4.78, 5) is 10.5. The maximum Gasteiger partial charge on any atom is 0.308 e. The van der Waals surface area contributed by atoms with Crippen LogP contribution in [0.3, 0.4) is 0 Å². The Bertz CT molecular complexity index is 105. The van der Waals surface area contributed by atoms with Gasteiger partial charge >= 0.3 is 5.97 Å². The van der Waals surface area contributed by atoms with Gasteiger partial charge in [-0.05, 0) is 6.92 Å². The van der Waals surface area contributed by atoms with Crippen molar-refractivity contribution in [1.82, 2.24) is 0 Å². The Balaban J connectivity index is 3.37. The van der Waals surface area contributed by atoms with E-state index in [-0.39, 0.29) is 13.0 Å². The number of hydrogen-bond donors (Lipinski definition) is 1. The number of rotatable bonds is 4. The fraction of sp³-hybridized carbons (Fsp3) is 0.833. The van der Waals surface area contributed by atoms with Gasteiger partial charge in [0.05, 0.1) is 19.1 Å². The third-order valence-electron chi connectivity index (χ3n) is 0.886. The summed E-state index contributed by atoms with van der Waals surface area (Å²) in [6.45, 7) is 1.01. The number of alkyl halides is 1. The average molecular weight is 150 g/mol. The molecule has 0 heterocycles. The van der Waals surface area contributed by atoms with Crippen molar-refractivity contribution in [1.29, 1.82) is 0 Å². The van der Waals surface area contributed by atoms with E-state index < -0.39 is 18.7 Å². The molecule has 0 spiro atoms. The van der Waals surface area contributed by atoms with Crippen LogP contribution < -0.4 is 0 Å². The summed E-state index contributed by atoms with van der Waals surface area (Å²) in [6, 6.07) is 0. The number of carbonyl (C=O) groups excluding carboxylic acids is 1. The highest BCUT2D eigenvalue weighted by Crippen LogP contribution is 1.94. The molecule has 0 amide bonds. The predicted octanol–water partition coefficient (Wildman–Crippen LogP) is 0.270. The Hall–Kier alpha value is -0.640. The highest BCUT2D eigenvalue weighted by molar-refractivity contribution is 5.69. The number of ether oxygens (including phenoxy) is 1. The molecule has 1 atom stereocenters. The molecule has 1 N–H and O–H groups in total. The van der Waals surface area contributed by atoms with Gasteiger partial charge in [-0.25, -0.2) is 4.39 Å². The molecular weight excluding hydrogens is 139 g/mol. The van der Waals surface area contributed by atoms with Crippen LogP contribution in [0.1, 0.15) is 13.3 Å².